The van der Waals surface area contributed by atoms with Gasteiger partial charge < -0.3 is 19.8 Å². The van der Waals surface area contributed by atoms with Crippen LogP contribution in [0.3, 0.4) is 0 Å². The summed E-state index contributed by atoms with van der Waals surface area (Å²) in [5.41, 5.74) is 5.90. The summed E-state index contributed by atoms with van der Waals surface area (Å²) in [6.45, 7) is 3.93. The van der Waals surface area contributed by atoms with Crippen molar-refractivity contribution >= 4 is 18.3 Å². The van der Waals surface area contributed by atoms with Gasteiger partial charge in [-0.05, 0) is 37.8 Å². The van der Waals surface area contributed by atoms with Gasteiger partial charge >= 0.3 is 0 Å². The third-order valence-electron chi connectivity index (χ3n) is 3.73. The number of methoxy groups -OCH3 is 1. The highest BCUT2D eigenvalue weighted by Gasteiger charge is 2.26. The number of halogens is 1. The van der Waals surface area contributed by atoms with Gasteiger partial charge in [0.05, 0.1) is 0 Å². The Bertz CT molecular complexity index is 426. The Labute approximate surface area is 125 Å². The van der Waals surface area contributed by atoms with Crippen molar-refractivity contribution in [3.63, 3.8) is 0 Å². The molecule has 0 aliphatic carbocycles. The maximum absolute atomic E-state index is 12.3. The SMILES string of the molecule is COCc1ccc(C(=O)N2CCC(C(C)N)CC2)o1.Cl. The van der Waals surface area contributed by atoms with Gasteiger partial charge in [-0.3, -0.25) is 4.79 Å². The van der Waals surface area contributed by atoms with Gasteiger partial charge in [0.25, 0.3) is 5.91 Å². The molecule has 0 spiro atoms. The molecule has 1 aliphatic heterocycles. The number of hydrogen-bond donors (Lipinski definition) is 1. The van der Waals surface area contributed by atoms with Crippen molar-refractivity contribution in [2.75, 3.05) is 20.2 Å². The van der Waals surface area contributed by atoms with Crippen LogP contribution in [0.2, 0.25) is 0 Å². The molecule has 0 aromatic carbocycles. The molecule has 2 rings (SSSR count). The Morgan fingerprint density at radius 1 is 1.50 bits per heavy atom. The van der Waals surface area contributed by atoms with Gasteiger partial charge in [0.1, 0.15) is 12.4 Å². The smallest absolute Gasteiger partial charge is 0.289 e. The van der Waals surface area contributed by atoms with E-state index in [9.17, 15) is 4.79 Å². The fraction of sp³-hybridized carbons (Fsp3) is 0.643. The molecule has 2 heterocycles. The van der Waals surface area contributed by atoms with Gasteiger partial charge in [0.15, 0.2) is 5.76 Å². The predicted octanol–water partition coefficient (Wildman–Crippen LogP) is 2.05. The zero-order valence-electron chi connectivity index (χ0n) is 12.0. The number of amides is 1. The number of hydrogen-bond acceptors (Lipinski definition) is 4. The molecule has 1 aliphatic rings. The number of furan rings is 1. The van der Waals surface area contributed by atoms with Crippen LogP contribution >= 0.6 is 12.4 Å². The molecule has 20 heavy (non-hydrogen) atoms. The Hall–Kier alpha value is -1.04. The second-order valence-corrected chi connectivity index (χ2v) is 5.19. The summed E-state index contributed by atoms with van der Waals surface area (Å²) in [6, 6.07) is 3.70. The molecule has 1 fully saturated rings. The van der Waals surface area contributed by atoms with Crippen LogP contribution in [0.25, 0.3) is 0 Å². The maximum atomic E-state index is 12.3. The van der Waals surface area contributed by atoms with E-state index in [0.717, 1.165) is 25.9 Å². The molecule has 114 valence electrons. The van der Waals surface area contributed by atoms with Crippen LogP contribution in [0, 0.1) is 5.92 Å². The molecular formula is C14H23ClN2O3. The lowest BCUT2D eigenvalue weighted by atomic mass is 9.91. The summed E-state index contributed by atoms with van der Waals surface area (Å²) in [7, 11) is 1.60. The predicted molar refractivity (Wildman–Crippen MR) is 78.9 cm³/mol. The van der Waals surface area contributed by atoms with E-state index in [-0.39, 0.29) is 24.4 Å². The third-order valence-corrected chi connectivity index (χ3v) is 3.73. The van der Waals surface area contributed by atoms with Gasteiger partial charge in [-0.15, -0.1) is 12.4 Å². The summed E-state index contributed by atoms with van der Waals surface area (Å²) in [5, 5.41) is 0. The first-order valence-electron chi connectivity index (χ1n) is 6.74. The average Bonchev–Trinajstić information content (AvgIpc) is 2.87. The van der Waals surface area contributed by atoms with Crippen molar-refractivity contribution in [2.45, 2.75) is 32.4 Å². The normalized spacial score (nSPS) is 17.6. The van der Waals surface area contributed by atoms with E-state index in [2.05, 4.69) is 0 Å². The number of piperidine rings is 1. The van der Waals surface area contributed by atoms with E-state index in [4.69, 9.17) is 14.9 Å². The third kappa shape index (κ3) is 3.98. The van der Waals surface area contributed by atoms with E-state index in [1.54, 1.807) is 19.2 Å². The zero-order valence-corrected chi connectivity index (χ0v) is 12.8. The number of nitrogens with two attached hydrogens (primary N) is 1. The molecule has 0 bridgehead atoms. The quantitative estimate of drug-likeness (QED) is 0.924. The van der Waals surface area contributed by atoms with Gasteiger partial charge in [-0.1, -0.05) is 0 Å². The van der Waals surface area contributed by atoms with E-state index >= 15 is 0 Å². The van der Waals surface area contributed by atoms with E-state index < -0.39 is 0 Å². The van der Waals surface area contributed by atoms with Crippen LogP contribution in [-0.2, 0) is 11.3 Å². The highest BCUT2D eigenvalue weighted by Crippen LogP contribution is 2.21. The summed E-state index contributed by atoms with van der Waals surface area (Å²) < 4.78 is 10.4. The van der Waals surface area contributed by atoms with Crippen molar-refractivity contribution in [3.8, 4) is 0 Å². The van der Waals surface area contributed by atoms with Crippen LogP contribution in [0.15, 0.2) is 16.5 Å². The molecule has 6 heteroatoms. The number of rotatable bonds is 4. The first kappa shape index (κ1) is 17.0. The molecule has 1 unspecified atom stereocenters. The molecule has 0 radical (unpaired) electrons. The van der Waals surface area contributed by atoms with Gasteiger partial charge in [0.2, 0.25) is 0 Å². The van der Waals surface area contributed by atoms with Crippen molar-refractivity contribution in [1.29, 1.82) is 0 Å². The summed E-state index contributed by atoms with van der Waals surface area (Å²) in [5.74, 6) is 1.55. The maximum Gasteiger partial charge on any atom is 0.289 e. The molecule has 1 saturated heterocycles. The Kier molecular flexibility index (Phi) is 6.52. The Morgan fingerprint density at radius 3 is 2.70 bits per heavy atom. The minimum absolute atomic E-state index is 0. The van der Waals surface area contributed by atoms with Gasteiger partial charge in [-0.25, -0.2) is 0 Å². The van der Waals surface area contributed by atoms with Crippen LogP contribution in [-0.4, -0.2) is 37.0 Å². The van der Waals surface area contributed by atoms with Crippen LogP contribution in [0.1, 0.15) is 36.1 Å². The van der Waals surface area contributed by atoms with Crippen LogP contribution in [0.4, 0.5) is 0 Å². The van der Waals surface area contributed by atoms with Crippen molar-refractivity contribution < 1.29 is 13.9 Å². The second kappa shape index (κ2) is 7.67. The lowest BCUT2D eigenvalue weighted by Crippen LogP contribution is -2.42. The lowest BCUT2D eigenvalue weighted by molar-refractivity contribution is 0.0642. The Morgan fingerprint density at radius 2 is 2.15 bits per heavy atom. The number of carbonyl (C=O) groups excluding carboxylic acids is 1. The highest BCUT2D eigenvalue weighted by atomic mass is 35.5. The molecule has 1 aromatic rings. The van der Waals surface area contributed by atoms with Gasteiger partial charge in [-0.2, -0.15) is 0 Å². The van der Waals surface area contributed by atoms with Crippen LogP contribution in [0.5, 0.6) is 0 Å². The average molecular weight is 303 g/mol. The number of ether oxygens (including phenoxy) is 1. The summed E-state index contributed by atoms with van der Waals surface area (Å²) >= 11 is 0. The fourth-order valence-corrected chi connectivity index (χ4v) is 2.50. The minimum Gasteiger partial charge on any atom is -0.453 e. The first-order valence-corrected chi connectivity index (χ1v) is 6.74. The molecular weight excluding hydrogens is 280 g/mol. The van der Waals surface area contributed by atoms with Crippen LogP contribution < -0.4 is 5.73 Å². The highest BCUT2D eigenvalue weighted by molar-refractivity contribution is 5.91. The van der Waals surface area contributed by atoms with Gasteiger partial charge in [0, 0.05) is 26.2 Å². The van der Waals surface area contributed by atoms with E-state index in [0.29, 0.717) is 24.0 Å². The topological polar surface area (TPSA) is 68.7 Å². The molecule has 5 nitrogen and oxygen atoms in total. The monoisotopic (exact) mass is 302 g/mol. The molecule has 1 aromatic heterocycles. The lowest BCUT2D eigenvalue weighted by Gasteiger charge is -2.33. The summed E-state index contributed by atoms with van der Waals surface area (Å²) in [4.78, 5) is 14.1. The largest absolute Gasteiger partial charge is 0.453 e. The number of carbonyl (C=O) groups is 1. The van der Waals surface area contributed by atoms with Crippen molar-refractivity contribution in [3.05, 3.63) is 23.7 Å². The fourth-order valence-electron chi connectivity index (χ4n) is 2.50. The van der Waals surface area contributed by atoms with Crippen molar-refractivity contribution in [2.24, 2.45) is 11.7 Å². The number of nitrogens with zero attached hydrogens (tertiary/aromatic N) is 1. The molecule has 1 amide bonds. The summed E-state index contributed by atoms with van der Waals surface area (Å²) in [6.07, 6.45) is 1.93. The molecule has 0 saturated carbocycles. The molecule has 2 N–H and O–H groups in total. The van der Waals surface area contributed by atoms with E-state index in [1.165, 1.54) is 0 Å². The first-order chi connectivity index (χ1) is 9.11. The Balaban J connectivity index is 0.00000200. The standard InChI is InChI=1S/C14H22N2O3.ClH/c1-10(15)11-5-7-16(8-6-11)14(17)13-4-3-12(19-13)9-18-2;/h3-4,10-11H,5-9,15H2,1-2H3;1H. The minimum atomic E-state index is -0.0366. The number of likely N-dealkylation sites (tertiary alicyclic amines) is 1. The van der Waals surface area contributed by atoms with Crippen molar-refractivity contribution in [1.82, 2.24) is 4.90 Å². The van der Waals surface area contributed by atoms with E-state index in [1.807, 2.05) is 11.8 Å². The second-order valence-electron chi connectivity index (χ2n) is 5.19. The zero-order chi connectivity index (χ0) is 13.8. The molecule has 1 atom stereocenters.